The second-order valence-electron chi connectivity index (χ2n) is 3.66. The van der Waals surface area contributed by atoms with Crippen LogP contribution in [0.25, 0.3) is 0 Å². The normalized spacial score (nSPS) is 13.1. The van der Waals surface area contributed by atoms with E-state index in [0.29, 0.717) is 22.7 Å². The standard InChI is InChI=1S/C11H16O2S/c1-8(2)9(3)14-7-10(12)11-5-4-6-13-11/h4-6,8-9H,7H2,1-3H3. The number of thioether (sulfide) groups is 1. The molecular formula is C11H16O2S. The summed E-state index contributed by atoms with van der Waals surface area (Å²) in [5.74, 6) is 1.65. The number of ketones is 1. The zero-order valence-electron chi connectivity index (χ0n) is 8.82. The van der Waals surface area contributed by atoms with E-state index in [4.69, 9.17) is 4.42 Å². The summed E-state index contributed by atoms with van der Waals surface area (Å²) >= 11 is 1.68. The molecule has 0 aliphatic carbocycles. The molecule has 1 aromatic heterocycles. The Balaban J connectivity index is 2.36. The highest BCUT2D eigenvalue weighted by Crippen LogP contribution is 2.19. The fourth-order valence-corrected chi connectivity index (χ4v) is 1.85. The van der Waals surface area contributed by atoms with Crippen LogP contribution in [-0.2, 0) is 0 Å². The number of rotatable bonds is 5. The van der Waals surface area contributed by atoms with Crippen molar-refractivity contribution in [3.05, 3.63) is 24.2 Å². The molecule has 0 aliphatic heterocycles. The van der Waals surface area contributed by atoms with Crippen LogP contribution < -0.4 is 0 Å². The molecule has 0 N–H and O–H groups in total. The maximum absolute atomic E-state index is 11.5. The topological polar surface area (TPSA) is 30.2 Å². The van der Waals surface area contributed by atoms with Gasteiger partial charge in [0.2, 0.25) is 5.78 Å². The van der Waals surface area contributed by atoms with Crippen LogP contribution in [0.3, 0.4) is 0 Å². The molecular weight excluding hydrogens is 196 g/mol. The Kier molecular flexibility index (Phi) is 4.26. The Labute approximate surface area is 89.1 Å². The van der Waals surface area contributed by atoms with Crippen molar-refractivity contribution < 1.29 is 9.21 Å². The van der Waals surface area contributed by atoms with Gasteiger partial charge in [-0.25, -0.2) is 0 Å². The molecule has 1 atom stereocenters. The van der Waals surface area contributed by atoms with Gasteiger partial charge in [0.1, 0.15) is 0 Å². The van der Waals surface area contributed by atoms with Crippen molar-refractivity contribution in [3.8, 4) is 0 Å². The van der Waals surface area contributed by atoms with E-state index in [9.17, 15) is 4.79 Å². The van der Waals surface area contributed by atoms with Gasteiger partial charge in [0, 0.05) is 5.25 Å². The third kappa shape index (κ3) is 3.22. The van der Waals surface area contributed by atoms with Crippen LogP contribution in [0, 0.1) is 5.92 Å². The number of carbonyl (C=O) groups excluding carboxylic acids is 1. The van der Waals surface area contributed by atoms with Gasteiger partial charge in [-0.05, 0) is 18.1 Å². The predicted octanol–water partition coefficient (Wildman–Crippen LogP) is 3.24. The van der Waals surface area contributed by atoms with Crippen LogP contribution in [0.4, 0.5) is 0 Å². The smallest absolute Gasteiger partial charge is 0.207 e. The fourth-order valence-electron chi connectivity index (χ4n) is 0.908. The van der Waals surface area contributed by atoms with Gasteiger partial charge in [-0.3, -0.25) is 4.79 Å². The number of hydrogen-bond acceptors (Lipinski definition) is 3. The number of hydrogen-bond donors (Lipinski definition) is 0. The van der Waals surface area contributed by atoms with Crippen molar-refractivity contribution in [2.24, 2.45) is 5.92 Å². The number of carbonyl (C=O) groups is 1. The molecule has 0 saturated heterocycles. The first-order chi connectivity index (χ1) is 6.61. The third-order valence-corrected chi connectivity index (χ3v) is 3.71. The second-order valence-corrected chi connectivity index (χ2v) is 5.03. The van der Waals surface area contributed by atoms with Gasteiger partial charge in [-0.1, -0.05) is 20.8 Å². The van der Waals surface area contributed by atoms with Crippen molar-refractivity contribution in [2.45, 2.75) is 26.0 Å². The quantitative estimate of drug-likeness (QED) is 0.702. The van der Waals surface area contributed by atoms with Crippen molar-refractivity contribution in [1.82, 2.24) is 0 Å². The minimum atomic E-state index is 0.0764. The van der Waals surface area contributed by atoms with Gasteiger partial charge in [0.25, 0.3) is 0 Å². The highest BCUT2D eigenvalue weighted by atomic mass is 32.2. The largest absolute Gasteiger partial charge is 0.461 e. The zero-order chi connectivity index (χ0) is 10.6. The molecule has 0 radical (unpaired) electrons. The Morgan fingerprint density at radius 2 is 2.21 bits per heavy atom. The Morgan fingerprint density at radius 3 is 2.71 bits per heavy atom. The van der Waals surface area contributed by atoms with Crippen molar-refractivity contribution in [1.29, 1.82) is 0 Å². The van der Waals surface area contributed by atoms with E-state index >= 15 is 0 Å². The molecule has 0 amide bonds. The summed E-state index contributed by atoms with van der Waals surface area (Å²) in [6, 6.07) is 3.45. The number of furan rings is 1. The minimum absolute atomic E-state index is 0.0764. The van der Waals surface area contributed by atoms with Crippen LogP contribution >= 0.6 is 11.8 Å². The van der Waals surface area contributed by atoms with Gasteiger partial charge in [0.15, 0.2) is 5.76 Å². The molecule has 78 valence electrons. The molecule has 2 nitrogen and oxygen atoms in total. The Bertz CT molecular complexity index is 277. The van der Waals surface area contributed by atoms with Gasteiger partial charge >= 0.3 is 0 Å². The maximum atomic E-state index is 11.5. The lowest BCUT2D eigenvalue weighted by Crippen LogP contribution is -2.10. The lowest BCUT2D eigenvalue weighted by atomic mass is 10.2. The summed E-state index contributed by atoms with van der Waals surface area (Å²) in [6.45, 7) is 6.47. The molecule has 0 aromatic carbocycles. The zero-order valence-corrected chi connectivity index (χ0v) is 9.64. The summed E-state index contributed by atoms with van der Waals surface area (Å²) in [7, 11) is 0. The van der Waals surface area contributed by atoms with E-state index in [0.717, 1.165) is 0 Å². The molecule has 0 spiro atoms. The first-order valence-corrected chi connectivity index (χ1v) is 5.84. The lowest BCUT2D eigenvalue weighted by molar-refractivity contribution is 0.0992. The summed E-state index contributed by atoms with van der Waals surface area (Å²) in [6.07, 6.45) is 1.53. The summed E-state index contributed by atoms with van der Waals surface area (Å²) < 4.78 is 5.03. The van der Waals surface area contributed by atoms with E-state index in [2.05, 4.69) is 20.8 Å². The molecule has 14 heavy (non-hydrogen) atoms. The van der Waals surface area contributed by atoms with E-state index in [1.165, 1.54) is 6.26 Å². The maximum Gasteiger partial charge on any atom is 0.207 e. The molecule has 1 heterocycles. The fraction of sp³-hybridized carbons (Fsp3) is 0.545. The van der Waals surface area contributed by atoms with Crippen LogP contribution in [-0.4, -0.2) is 16.8 Å². The van der Waals surface area contributed by atoms with Crippen LogP contribution in [0.2, 0.25) is 0 Å². The second kappa shape index (κ2) is 5.25. The van der Waals surface area contributed by atoms with Gasteiger partial charge in [-0.2, -0.15) is 11.8 Å². The van der Waals surface area contributed by atoms with E-state index < -0.39 is 0 Å². The average molecular weight is 212 g/mol. The van der Waals surface area contributed by atoms with Crippen LogP contribution in [0.1, 0.15) is 31.3 Å². The molecule has 1 unspecified atom stereocenters. The summed E-state index contributed by atoms with van der Waals surface area (Å²) in [5, 5.41) is 0.508. The summed E-state index contributed by atoms with van der Waals surface area (Å²) in [5.41, 5.74) is 0. The highest BCUT2D eigenvalue weighted by Gasteiger charge is 2.13. The van der Waals surface area contributed by atoms with Crippen LogP contribution in [0.15, 0.2) is 22.8 Å². The molecule has 0 bridgehead atoms. The lowest BCUT2D eigenvalue weighted by Gasteiger charge is -2.13. The Hall–Kier alpha value is -0.700. The SMILES string of the molecule is CC(C)C(C)SCC(=O)c1ccco1. The molecule has 0 saturated carbocycles. The predicted molar refractivity (Wildman–Crippen MR) is 59.8 cm³/mol. The van der Waals surface area contributed by atoms with Crippen molar-refractivity contribution in [3.63, 3.8) is 0 Å². The van der Waals surface area contributed by atoms with E-state index in [1.54, 1.807) is 23.9 Å². The number of Topliss-reactive ketones (excluding diaryl/α,β-unsaturated/α-hetero) is 1. The van der Waals surface area contributed by atoms with Gasteiger partial charge < -0.3 is 4.42 Å². The van der Waals surface area contributed by atoms with E-state index in [-0.39, 0.29) is 5.78 Å². The first kappa shape index (κ1) is 11.4. The highest BCUT2D eigenvalue weighted by molar-refractivity contribution is 8.00. The van der Waals surface area contributed by atoms with Crippen molar-refractivity contribution >= 4 is 17.5 Å². The van der Waals surface area contributed by atoms with Gasteiger partial charge in [-0.15, -0.1) is 0 Å². The van der Waals surface area contributed by atoms with E-state index in [1.807, 2.05) is 0 Å². The molecule has 0 fully saturated rings. The third-order valence-electron chi connectivity index (χ3n) is 2.21. The van der Waals surface area contributed by atoms with Gasteiger partial charge in [0.05, 0.1) is 12.0 Å². The first-order valence-electron chi connectivity index (χ1n) is 4.79. The molecule has 1 rings (SSSR count). The summed E-state index contributed by atoms with van der Waals surface area (Å²) in [4.78, 5) is 11.5. The minimum Gasteiger partial charge on any atom is -0.461 e. The monoisotopic (exact) mass is 212 g/mol. The average Bonchev–Trinajstić information content (AvgIpc) is 2.66. The molecule has 3 heteroatoms. The van der Waals surface area contributed by atoms with Crippen molar-refractivity contribution in [2.75, 3.05) is 5.75 Å². The molecule has 0 aliphatic rings. The Morgan fingerprint density at radius 1 is 1.50 bits per heavy atom. The van der Waals surface area contributed by atoms with Crippen LogP contribution in [0.5, 0.6) is 0 Å². The molecule has 1 aromatic rings.